The van der Waals surface area contributed by atoms with Crippen molar-refractivity contribution in [1.29, 1.82) is 0 Å². The van der Waals surface area contributed by atoms with Gasteiger partial charge in [-0.15, -0.1) is 0 Å². The van der Waals surface area contributed by atoms with Crippen LogP contribution >= 0.6 is 0 Å². The highest BCUT2D eigenvalue weighted by atomic mass is 16.5. The minimum Gasteiger partial charge on any atom is -0.494 e. The molecule has 0 bridgehead atoms. The van der Waals surface area contributed by atoms with Crippen molar-refractivity contribution in [2.24, 2.45) is 0 Å². The van der Waals surface area contributed by atoms with Crippen LogP contribution < -0.4 is 4.74 Å². The Labute approximate surface area is 137 Å². The van der Waals surface area contributed by atoms with Crippen molar-refractivity contribution >= 4 is 5.97 Å². The maximum absolute atomic E-state index is 11.5. The topological polar surface area (TPSA) is 46.5 Å². The van der Waals surface area contributed by atoms with E-state index in [1.165, 1.54) is 5.56 Å². The van der Waals surface area contributed by atoms with Crippen LogP contribution in [0.25, 0.3) is 0 Å². The van der Waals surface area contributed by atoms with E-state index in [0.717, 1.165) is 16.9 Å². The van der Waals surface area contributed by atoms with E-state index in [9.17, 15) is 9.90 Å². The fourth-order valence-corrected chi connectivity index (χ4v) is 2.48. The van der Waals surface area contributed by atoms with Crippen LogP contribution in [0.2, 0.25) is 0 Å². The van der Waals surface area contributed by atoms with Gasteiger partial charge in [0.05, 0.1) is 12.5 Å². The van der Waals surface area contributed by atoms with E-state index in [4.69, 9.17) is 4.74 Å². The van der Waals surface area contributed by atoms with E-state index in [1.807, 2.05) is 43.3 Å². The fraction of sp³-hybridized carbons (Fsp3) is 0.350. The van der Waals surface area contributed by atoms with Crippen molar-refractivity contribution in [3.05, 3.63) is 65.2 Å². The second-order valence-corrected chi connectivity index (χ2v) is 6.16. The maximum atomic E-state index is 11.5. The summed E-state index contributed by atoms with van der Waals surface area (Å²) in [5, 5.41) is 9.44. The lowest BCUT2D eigenvalue weighted by atomic mass is 9.95. The molecule has 1 atom stereocenters. The Bertz CT molecular complexity index is 627. The summed E-state index contributed by atoms with van der Waals surface area (Å²) in [4.78, 5) is 11.5. The van der Waals surface area contributed by atoms with Crippen molar-refractivity contribution < 1.29 is 14.6 Å². The summed E-state index contributed by atoms with van der Waals surface area (Å²) >= 11 is 0. The summed E-state index contributed by atoms with van der Waals surface area (Å²) < 4.78 is 5.70. The van der Waals surface area contributed by atoms with Crippen LogP contribution in [0.3, 0.4) is 0 Å². The van der Waals surface area contributed by atoms with Gasteiger partial charge < -0.3 is 9.84 Å². The molecule has 23 heavy (non-hydrogen) atoms. The van der Waals surface area contributed by atoms with E-state index >= 15 is 0 Å². The van der Waals surface area contributed by atoms with Gasteiger partial charge in [0.1, 0.15) is 5.75 Å². The molecular weight excluding hydrogens is 288 g/mol. The number of carboxylic acid groups (broad SMARTS) is 1. The Kier molecular flexibility index (Phi) is 5.80. The zero-order valence-corrected chi connectivity index (χ0v) is 14.0. The highest BCUT2D eigenvalue weighted by Crippen LogP contribution is 2.22. The molecule has 0 spiro atoms. The lowest BCUT2D eigenvalue weighted by molar-refractivity contribution is -0.139. The average Bonchev–Trinajstić information content (AvgIpc) is 2.53. The third-order valence-corrected chi connectivity index (χ3v) is 4.00. The molecule has 1 N–H and O–H groups in total. The molecule has 0 heterocycles. The monoisotopic (exact) mass is 312 g/mol. The van der Waals surface area contributed by atoms with Crippen LogP contribution in [0.1, 0.15) is 48.8 Å². The van der Waals surface area contributed by atoms with Gasteiger partial charge in [0, 0.05) is 0 Å². The molecule has 2 rings (SSSR count). The predicted molar refractivity (Wildman–Crippen MR) is 92.2 cm³/mol. The van der Waals surface area contributed by atoms with E-state index in [2.05, 4.69) is 26.0 Å². The van der Waals surface area contributed by atoms with Crippen LogP contribution in [-0.2, 0) is 4.79 Å². The molecule has 0 fully saturated rings. The second kappa shape index (κ2) is 7.82. The normalized spacial score (nSPS) is 12.2. The standard InChI is InChI=1S/C20H24O3/c1-14(2)16-8-10-18(11-9-16)23-13-12-19(20(21)22)17-6-4-15(3)5-7-17/h4-11,14,19H,12-13H2,1-3H3,(H,21,22). The van der Waals surface area contributed by atoms with Crippen molar-refractivity contribution in [2.75, 3.05) is 6.61 Å². The van der Waals surface area contributed by atoms with Crippen molar-refractivity contribution in [3.63, 3.8) is 0 Å². The molecule has 2 aromatic rings. The Hall–Kier alpha value is -2.29. The summed E-state index contributed by atoms with van der Waals surface area (Å²) in [6, 6.07) is 15.6. The van der Waals surface area contributed by atoms with Crippen molar-refractivity contribution in [3.8, 4) is 5.75 Å². The summed E-state index contributed by atoms with van der Waals surface area (Å²) in [5.41, 5.74) is 3.21. The largest absolute Gasteiger partial charge is 0.494 e. The molecule has 0 saturated carbocycles. The highest BCUT2D eigenvalue weighted by molar-refractivity contribution is 5.76. The SMILES string of the molecule is Cc1ccc(C(CCOc2ccc(C(C)C)cc2)C(=O)O)cc1. The summed E-state index contributed by atoms with van der Waals surface area (Å²) in [7, 11) is 0. The Balaban J connectivity index is 1.94. The van der Waals surface area contributed by atoms with Crippen LogP contribution in [0.15, 0.2) is 48.5 Å². The van der Waals surface area contributed by atoms with Gasteiger partial charge in [-0.3, -0.25) is 4.79 Å². The average molecular weight is 312 g/mol. The first-order valence-corrected chi connectivity index (χ1v) is 7.99. The lowest BCUT2D eigenvalue weighted by Gasteiger charge is -2.14. The van der Waals surface area contributed by atoms with Gasteiger partial charge in [0.25, 0.3) is 0 Å². The van der Waals surface area contributed by atoms with Gasteiger partial charge >= 0.3 is 5.97 Å². The first-order valence-electron chi connectivity index (χ1n) is 7.99. The molecule has 0 aromatic heterocycles. The molecule has 122 valence electrons. The van der Waals surface area contributed by atoms with Crippen LogP contribution in [0.4, 0.5) is 0 Å². The molecule has 3 heteroatoms. The zero-order chi connectivity index (χ0) is 16.8. The number of carbonyl (C=O) groups is 1. The Morgan fingerprint density at radius 1 is 1.00 bits per heavy atom. The molecule has 0 aliphatic rings. The number of rotatable bonds is 7. The van der Waals surface area contributed by atoms with Gasteiger partial charge in [-0.1, -0.05) is 55.8 Å². The van der Waals surface area contributed by atoms with Gasteiger partial charge in [0.15, 0.2) is 0 Å². The highest BCUT2D eigenvalue weighted by Gasteiger charge is 2.19. The van der Waals surface area contributed by atoms with Gasteiger partial charge in [-0.05, 0) is 42.5 Å². The first-order chi connectivity index (χ1) is 11.0. The predicted octanol–water partition coefficient (Wildman–Crippen LogP) is 4.76. The second-order valence-electron chi connectivity index (χ2n) is 6.16. The summed E-state index contributed by atoms with van der Waals surface area (Å²) in [6.07, 6.45) is 0.449. The smallest absolute Gasteiger partial charge is 0.311 e. The molecule has 0 amide bonds. The van der Waals surface area contributed by atoms with Gasteiger partial charge in [-0.25, -0.2) is 0 Å². The number of hydrogen-bond acceptors (Lipinski definition) is 2. The molecule has 1 unspecified atom stereocenters. The Morgan fingerprint density at radius 3 is 2.09 bits per heavy atom. The molecule has 0 aliphatic heterocycles. The van der Waals surface area contributed by atoms with Crippen molar-refractivity contribution in [2.45, 2.75) is 39.0 Å². The van der Waals surface area contributed by atoms with Crippen LogP contribution in [-0.4, -0.2) is 17.7 Å². The molecule has 0 saturated heterocycles. The number of carboxylic acids is 1. The number of hydrogen-bond donors (Lipinski definition) is 1. The first kappa shape index (κ1) is 17.1. The van der Waals surface area contributed by atoms with Crippen LogP contribution in [0, 0.1) is 6.92 Å². The molecular formula is C20H24O3. The van der Waals surface area contributed by atoms with Crippen LogP contribution in [0.5, 0.6) is 5.75 Å². The van der Waals surface area contributed by atoms with E-state index in [0.29, 0.717) is 18.9 Å². The van der Waals surface area contributed by atoms with E-state index in [-0.39, 0.29) is 0 Å². The number of benzene rings is 2. The van der Waals surface area contributed by atoms with Gasteiger partial charge in [0.2, 0.25) is 0 Å². The summed E-state index contributed by atoms with van der Waals surface area (Å²) in [5.74, 6) is -0.0810. The number of aryl methyl sites for hydroxylation is 1. The quantitative estimate of drug-likeness (QED) is 0.802. The summed E-state index contributed by atoms with van der Waals surface area (Å²) in [6.45, 7) is 6.67. The molecule has 0 aliphatic carbocycles. The minimum atomic E-state index is -0.812. The third-order valence-electron chi connectivity index (χ3n) is 4.00. The molecule has 3 nitrogen and oxygen atoms in total. The maximum Gasteiger partial charge on any atom is 0.311 e. The number of aliphatic carboxylic acids is 1. The van der Waals surface area contributed by atoms with Gasteiger partial charge in [-0.2, -0.15) is 0 Å². The third kappa shape index (κ3) is 4.85. The molecule has 2 aromatic carbocycles. The minimum absolute atomic E-state index is 0.381. The fourth-order valence-electron chi connectivity index (χ4n) is 2.48. The Morgan fingerprint density at radius 2 is 1.57 bits per heavy atom. The molecule has 0 radical (unpaired) electrons. The zero-order valence-electron chi connectivity index (χ0n) is 14.0. The lowest BCUT2D eigenvalue weighted by Crippen LogP contribution is -2.15. The van der Waals surface area contributed by atoms with E-state index in [1.54, 1.807) is 0 Å². The number of ether oxygens (including phenoxy) is 1. The van der Waals surface area contributed by atoms with Crippen molar-refractivity contribution in [1.82, 2.24) is 0 Å². The van der Waals surface area contributed by atoms with E-state index < -0.39 is 11.9 Å².